The smallest absolute Gasteiger partial charge is 0.218 e. The van der Waals surface area contributed by atoms with Crippen LogP contribution in [-0.4, -0.2) is 5.91 Å². The molecule has 2 N–H and O–H groups in total. The van der Waals surface area contributed by atoms with Gasteiger partial charge in [0.2, 0.25) is 5.91 Å². The van der Waals surface area contributed by atoms with Crippen molar-refractivity contribution in [1.29, 1.82) is 0 Å². The molecule has 1 aromatic heterocycles. The number of nitrogens with two attached hydrogens (primary N) is 1. The van der Waals surface area contributed by atoms with Gasteiger partial charge in [-0.05, 0) is 5.56 Å². The van der Waals surface area contributed by atoms with E-state index in [1.165, 1.54) is 12.4 Å². The third-order valence-electron chi connectivity index (χ3n) is 1.37. The van der Waals surface area contributed by atoms with Crippen LogP contribution in [0.2, 0.25) is 0 Å². The van der Waals surface area contributed by atoms with E-state index in [0.717, 1.165) is 5.56 Å². The van der Waals surface area contributed by atoms with Gasteiger partial charge in [0.05, 0.1) is 0 Å². The minimum absolute atomic E-state index is 0.197. The Kier molecular flexibility index (Phi) is 2.63. The van der Waals surface area contributed by atoms with Gasteiger partial charge in [0.1, 0.15) is 0 Å². The first-order valence-electron chi connectivity index (χ1n) is 3.49. The van der Waals surface area contributed by atoms with Gasteiger partial charge < -0.3 is 10.9 Å². The fourth-order valence-corrected chi connectivity index (χ4v) is 0.779. The third kappa shape index (κ3) is 2.57. The van der Waals surface area contributed by atoms with E-state index in [1.807, 2.05) is 0 Å². The molecule has 0 saturated heterocycles. The molecule has 0 aliphatic carbocycles. The van der Waals surface area contributed by atoms with Gasteiger partial charge in [-0.2, -0.15) is 4.73 Å². The number of rotatable bonds is 3. The third-order valence-corrected chi connectivity index (χ3v) is 1.37. The van der Waals surface area contributed by atoms with Gasteiger partial charge in [-0.3, -0.25) is 4.79 Å². The Morgan fingerprint density at radius 3 is 2.67 bits per heavy atom. The van der Waals surface area contributed by atoms with Crippen LogP contribution in [0, 0.1) is 11.6 Å². The summed E-state index contributed by atoms with van der Waals surface area (Å²) in [5.41, 5.74) is 5.75. The standard InChI is InChI=1S/C8H9N2O2/c9-8(11)2-1-7-3-5-10(12)6-4-7/h1,3-6H,2H2,(H2,9,11). The van der Waals surface area contributed by atoms with Gasteiger partial charge in [-0.1, -0.05) is 0 Å². The first kappa shape index (κ1) is 8.52. The molecule has 4 heteroatoms. The summed E-state index contributed by atoms with van der Waals surface area (Å²) in [4.78, 5) is 10.4. The van der Waals surface area contributed by atoms with Crippen LogP contribution in [0.1, 0.15) is 12.0 Å². The summed E-state index contributed by atoms with van der Waals surface area (Å²) in [6.45, 7) is 0. The van der Waals surface area contributed by atoms with Gasteiger partial charge in [0, 0.05) is 25.0 Å². The number of nitrogens with zero attached hydrogens (tertiary/aromatic N) is 1. The number of aromatic nitrogens is 1. The average molecular weight is 165 g/mol. The van der Waals surface area contributed by atoms with Crippen molar-refractivity contribution in [3.63, 3.8) is 0 Å². The molecule has 1 rings (SSSR count). The lowest BCUT2D eigenvalue weighted by Crippen LogP contribution is -2.23. The second-order valence-electron chi connectivity index (χ2n) is 2.37. The Labute approximate surface area is 70.2 Å². The highest BCUT2D eigenvalue weighted by atomic mass is 16.5. The Bertz CT molecular complexity index is 269. The van der Waals surface area contributed by atoms with E-state index >= 15 is 0 Å². The van der Waals surface area contributed by atoms with Crippen LogP contribution in [0.15, 0.2) is 24.5 Å². The molecule has 1 amide bonds. The number of hydrogen-bond acceptors (Lipinski definition) is 2. The molecule has 0 fully saturated rings. The second kappa shape index (κ2) is 3.71. The molecule has 0 aliphatic heterocycles. The molecule has 1 aromatic rings. The molecule has 12 heavy (non-hydrogen) atoms. The minimum atomic E-state index is -0.381. The highest BCUT2D eigenvalue weighted by molar-refractivity contribution is 5.75. The van der Waals surface area contributed by atoms with Crippen molar-refractivity contribution >= 4 is 5.91 Å². The van der Waals surface area contributed by atoms with Crippen molar-refractivity contribution in [2.45, 2.75) is 6.42 Å². The maximum atomic E-state index is 10.6. The van der Waals surface area contributed by atoms with Gasteiger partial charge >= 0.3 is 0 Å². The lowest BCUT2D eigenvalue weighted by atomic mass is 10.1. The van der Waals surface area contributed by atoms with Crippen LogP contribution in [0.3, 0.4) is 0 Å². The summed E-state index contributed by atoms with van der Waals surface area (Å²) in [5, 5.41) is 10.6. The lowest BCUT2D eigenvalue weighted by Gasteiger charge is -1.97. The Morgan fingerprint density at radius 1 is 1.58 bits per heavy atom. The topological polar surface area (TPSA) is 70.0 Å². The van der Waals surface area contributed by atoms with E-state index in [0.29, 0.717) is 4.73 Å². The van der Waals surface area contributed by atoms with E-state index in [1.54, 1.807) is 18.6 Å². The molecular weight excluding hydrogens is 156 g/mol. The largest absolute Gasteiger partial charge is 0.619 e. The maximum Gasteiger partial charge on any atom is 0.218 e. The van der Waals surface area contributed by atoms with E-state index in [2.05, 4.69) is 0 Å². The van der Waals surface area contributed by atoms with E-state index in [4.69, 9.17) is 5.73 Å². The number of hydrogen-bond donors (Lipinski definition) is 1. The first-order valence-corrected chi connectivity index (χ1v) is 3.49. The number of carbonyl (C=O) groups excluding carboxylic acids is 1. The molecule has 1 radical (unpaired) electrons. The molecule has 0 atom stereocenters. The van der Waals surface area contributed by atoms with Gasteiger partial charge in [0.25, 0.3) is 0 Å². The van der Waals surface area contributed by atoms with E-state index in [-0.39, 0.29) is 12.3 Å². The van der Waals surface area contributed by atoms with Crippen LogP contribution in [-0.2, 0) is 4.79 Å². The minimum Gasteiger partial charge on any atom is -0.619 e. The first-order chi connectivity index (χ1) is 5.68. The SMILES string of the molecule is NC(=O)C[CH]c1cc[n+]([O-])cc1. The quantitative estimate of drug-likeness (QED) is 0.495. The van der Waals surface area contributed by atoms with Crippen molar-refractivity contribution in [2.75, 3.05) is 0 Å². The molecule has 0 spiro atoms. The van der Waals surface area contributed by atoms with Crippen LogP contribution >= 0.6 is 0 Å². The Morgan fingerprint density at radius 2 is 2.17 bits per heavy atom. The molecule has 4 nitrogen and oxygen atoms in total. The normalized spacial score (nSPS) is 9.67. The van der Waals surface area contributed by atoms with Gasteiger partial charge in [0.15, 0.2) is 12.4 Å². The molecule has 63 valence electrons. The highest BCUT2D eigenvalue weighted by Crippen LogP contribution is 2.01. The molecule has 0 aliphatic rings. The predicted molar refractivity (Wildman–Crippen MR) is 42.6 cm³/mol. The fraction of sp³-hybridized carbons (Fsp3) is 0.125. The molecule has 0 unspecified atom stereocenters. The Hall–Kier alpha value is -1.58. The van der Waals surface area contributed by atoms with Crippen molar-refractivity contribution in [3.8, 4) is 0 Å². The predicted octanol–water partition coefficient (Wildman–Crippen LogP) is -0.252. The highest BCUT2D eigenvalue weighted by Gasteiger charge is 1.98. The van der Waals surface area contributed by atoms with Gasteiger partial charge in [-0.25, -0.2) is 0 Å². The van der Waals surface area contributed by atoms with E-state index in [9.17, 15) is 10.0 Å². The average Bonchev–Trinajstić information content (AvgIpc) is 2.03. The van der Waals surface area contributed by atoms with Crippen LogP contribution < -0.4 is 10.5 Å². The summed E-state index contributed by atoms with van der Waals surface area (Å²) in [6.07, 6.45) is 4.60. The summed E-state index contributed by atoms with van der Waals surface area (Å²) in [5.74, 6) is -0.381. The van der Waals surface area contributed by atoms with Crippen molar-refractivity contribution in [3.05, 3.63) is 41.7 Å². The number of amides is 1. The van der Waals surface area contributed by atoms with E-state index < -0.39 is 0 Å². The van der Waals surface area contributed by atoms with Crippen LogP contribution in [0.5, 0.6) is 0 Å². The van der Waals surface area contributed by atoms with Crippen LogP contribution in [0.25, 0.3) is 0 Å². The number of pyridine rings is 1. The molecule has 1 heterocycles. The monoisotopic (exact) mass is 165 g/mol. The number of carbonyl (C=O) groups is 1. The zero-order valence-electron chi connectivity index (χ0n) is 6.43. The van der Waals surface area contributed by atoms with Crippen molar-refractivity contribution < 1.29 is 9.52 Å². The summed E-state index contributed by atoms with van der Waals surface area (Å²) in [6, 6.07) is 3.24. The van der Waals surface area contributed by atoms with Crippen molar-refractivity contribution in [2.24, 2.45) is 5.73 Å². The summed E-state index contributed by atoms with van der Waals surface area (Å²) < 4.78 is 0.682. The lowest BCUT2D eigenvalue weighted by molar-refractivity contribution is -0.605. The van der Waals surface area contributed by atoms with Crippen LogP contribution in [0.4, 0.5) is 0 Å². The van der Waals surface area contributed by atoms with Gasteiger partial charge in [-0.15, -0.1) is 0 Å². The molecule has 0 saturated carbocycles. The maximum absolute atomic E-state index is 10.6. The molecule has 0 aromatic carbocycles. The number of primary amides is 1. The zero-order chi connectivity index (χ0) is 8.97. The second-order valence-corrected chi connectivity index (χ2v) is 2.37. The fourth-order valence-electron chi connectivity index (χ4n) is 0.779. The summed E-state index contributed by atoms with van der Waals surface area (Å²) in [7, 11) is 0. The van der Waals surface area contributed by atoms with Crippen molar-refractivity contribution in [1.82, 2.24) is 0 Å². The Balaban J connectivity index is 2.53. The molecular formula is C8H9N2O2. The zero-order valence-corrected chi connectivity index (χ0v) is 6.43. The summed E-state index contributed by atoms with van der Waals surface area (Å²) >= 11 is 0. The molecule has 0 bridgehead atoms.